The van der Waals surface area contributed by atoms with Crippen LogP contribution in [0.2, 0.25) is 0 Å². The number of hydrogen-bond donors (Lipinski definition) is 1. The van der Waals surface area contributed by atoms with Crippen LogP contribution in [0.25, 0.3) is 0 Å². The highest BCUT2D eigenvalue weighted by molar-refractivity contribution is 7.17. The zero-order valence-electron chi connectivity index (χ0n) is 13.9. The quantitative estimate of drug-likeness (QED) is 0.878. The lowest BCUT2D eigenvalue weighted by Gasteiger charge is -2.21. The van der Waals surface area contributed by atoms with Gasteiger partial charge < -0.3 is 10.2 Å². The lowest BCUT2D eigenvalue weighted by atomic mass is 9.95. The van der Waals surface area contributed by atoms with Crippen molar-refractivity contribution in [3.63, 3.8) is 0 Å². The summed E-state index contributed by atoms with van der Waals surface area (Å²) in [4.78, 5) is 33.0. The van der Waals surface area contributed by atoms with Gasteiger partial charge in [0, 0.05) is 18.0 Å². The van der Waals surface area contributed by atoms with Gasteiger partial charge in [-0.2, -0.15) is 0 Å². The van der Waals surface area contributed by atoms with Crippen molar-refractivity contribution in [2.24, 2.45) is 0 Å². The second-order valence-corrected chi connectivity index (χ2v) is 7.70. The summed E-state index contributed by atoms with van der Waals surface area (Å²) in [5.41, 5.74) is 3.48. The van der Waals surface area contributed by atoms with Gasteiger partial charge in [0.15, 0.2) is 0 Å². The van der Waals surface area contributed by atoms with Crippen molar-refractivity contribution in [1.29, 1.82) is 0 Å². The average molecular weight is 364 g/mol. The van der Waals surface area contributed by atoms with E-state index in [0.29, 0.717) is 28.5 Å². The van der Waals surface area contributed by atoms with Crippen LogP contribution in [-0.2, 0) is 12.8 Å². The van der Waals surface area contributed by atoms with Gasteiger partial charge in [0.05, 0.1) is 17.3 Å². The highest BCUT2D eigenvalue weighted by Gasteiger charge is 2.28. The van der Waals surface area contributed by atoms with E-state index in [0.717, 1.165) is 31.2 Å². The van der Waals surface area contributed by atoms with E-state index in [1.165, 1.54) is 16.2 Å². The molecular weight excluding hydrogens is 342 g/mol. The molecule has 0 saturated carbocycles. The van der Waals surface area contributed by atoms with E-state index < -0.39 is 0 Å². The monoisotopic (exact) mass is 363 g/mol. The minimum Gasteiger partial charge on any atom is -0.339 e. The molecule has 0 radical (unpaired) electrons. The molecule has 1 aliphatic rings. The molecule has 0 atom stereocenters. The largest absolute Gasteiger partial charge is 0.339 e. The first-order valence-corrected chi connectivity index (χ1v) is 9.98. The summed E-state index contributed by atoms with van der Waals surface area (Å²) in [7, 11) is 0. The van der Waals surface area contributed by atoms with Crippen LogP contribution in [0.3, 0.4) is 0 Å². The summed E-state index contributed by atoms with van der Waals surface area (Å²) in [5, 5.41) is 3.65. The average Bonchev–Trinajstić information content (AvgIpc) is 3.23. The molecule has 128 valence electrons. The Balaban J connectivity index is 1.97. The Morgan fingerprint density at radius 3 is 2.67 bits per heavy atom. The second-order valence-electron chi connectivity index (χ2n) is 5.71. The van der Waals surface area contributed by atoms with Gasteiger partial charge in [0.1, 0.15) is 9.88 Å². The zero-order valence-corrected chi connectivity index (χ0v) is 15.6. The number of hydrogen-bond acceptors (Lipinski definition) is 5. The van der Waals surface area contributed by atoms with E-state index in [1.54, 1.807) is 23.0 Å². The topological polar surface area (TPSA) is 62.3 Å². The van der Waals surface area contributed by atoms with Crippen LogP contribution in [0, 0.1) is 0 Å². The summed E-state index contributed by atoms with van der Waals surface area (Å²) in [6.45, 7) is 5.30. The van der Waals surface area contributed by atoms with Crippen LogP contribution in [0.5, 0.6) is 0 Å². The van der Waals surface area contributed by atoms with Crippen LogP contribution in [-0.4, -0.2) is 34.8 Å². The molecule has 0 fully saturated rings. The van der Waals surface area contributed by atoms with Gasteiger partial charge >= 0.3 is 0 Å². The lowest BCUT2D eigenvalue weighted by molar-refractivity contribution is 0.0773. The number of fused-ring (bicyclic) bond motifs is 1. The number of rotatable bonds is 5. The third-order valence-corrected chi connectivity index (χ3v) is 6.30. The fourth-order valence-electron chi connectivity index (χ4n) is 3.04. The molecule has 0 aliphatic heterocycles. The molecule has 1 aliphatic carbocycles. The summed E-state index contributed by atoms with van der Waals surface area (Å²) < 4.78 is 0. The first kappa shape index (κ1) is 17.1. The summed E-state index contributed by atoms with van der Waals surface area (Å²) in [6, 6.07) is 0. The molecule has 24 heavy (non-hydrogen) atoms. The van der Waals surface area contributed by atoms with Crippen LogP contribution >= 0.6 is 22.7 Å². The highest BCUT2D eigenvalue weighted by Crippen LogP contribution is 2.39. The van der Waals surface area contributed by atoms with E-state index in [-0.39, 0.29) is 11.8 Å². The maximum atomic E-state index is 13.0. The van der Waals surface area contributed by atoms with Crippen LogP contribution in [0.4, 0.5) is 5.00 Å². The van der Waals surface area contributed by atoms with E-state index in [4.69, 9.17) is 0 Å². The predicted octanol–water partition coefficient (Wildman–Crippen LogP) is 3.82. The molecule has 2 heterocycles. The molecule has 0 bridgehead atoms. The van der Waals surface area contributed by atoms with Gasteiger partial charge in [-0.1, -0.05) is 0 Å². The molecule has 2 amide bonds. The Morgan fingerprint density at radius 2 is 2.00 bits per heavy atom. The third-order valence-electron chi connectivity index (χ3n) is 4.32. The van der Waals surface area contributed by atoms with Gasteiger partial charge in [0.25, 0.3) is 11.8 Å². The van der Waals surface area contributed by atoms with Crippen molar-refractivity contribution in [1.82, 2.24) is 9.88 Å². The molecule has 2 aromatic rings. The number of thiophene rings is 1. The van der Waals surface area contributed by atoms with E-state index >= 15 is 0 Å². The predicted molar refractivity (Wildman–Crippen MR) is 98.3 cm³/mol. The molecular formula is C17H21N3O2S2. The number of anilines is 1. The number of amides is 2. The molecule has 5 nitrogen and oxygen atoms in total. The number of thiazole rings is 1. The summed E-state index contributed by atoms with van der Waals surface area (Å²) in [5.74, 6) is -0.163. The van der Waals surface area contributed by atoms with Gasteiger partial charge in [-0.15, -0.1) is 22.7 Å². The Labute approximate surface area is 149 Å². The van der Waals surface area contributed by atoms with Crippen molar-refractivity contribution >= 4 is 39.5 Å². The van der Waals surface area contributed by atoms with Crippen LogP contribution in [0.15, 0.2) is 11.7 Å². The van der Waals surface area contributed by atoms with Gasteiger partial charge in [-0.05, 0) is 45.1 Å². The van der Waals surface area contributed by atoms with E-state index in [9.17, 15) is 9.59 Å². The normalized spacial score (nSPS) is 13.4. The van der Waals surface area contributed by atoms with Crippen molar-refractivity contribution < 1.29 is 9.59 Å². The number of aromatic nitrogens is 1. The molecule has 2 aromatic heterocycles. The number of nitrogens with one attached hydrogen (secondary N) is 1. The smallest absolute Gasteiger partial charge is 0.267 e. The first-order valence-electron chi connectivity index (χ1n) is 8.29. The standard InChI is InChI=1S/C17H21N3O2S2/c1-3-20(4-2)17(22)14-11-7-5-6-8-12(11)24-16(14)19-15(21)13-9-18-10-23-13/h9-10H,3-8H2,1-2H3,(H,19,21). The van der Waals surface area contributed by atoms with Crippen molar-refractivity contribution in [3.05, 3.63) is 32.6 Å². The SMILES string of the molecule is CCN(CC)C(=O)c1c(NC(=O)c2cncs2)sc2c1CCCC2. The Morgan fingerprint density at radius 1 is 1.25 bits per heavy atom. The minimum atomic E-state index is -0.190. The highest BCUT2D eigenvalue weighted by atomic mass is 32.1. The maximum absolute atomic E-state index is 13.0. The fraction of sp³-hybridized carbons (Fsp3) is 0.471. The molecule has 0 aromatic carbocycles. The summed E-state index contributed by atoms with van der Waals surface area (Å²) in [6.07, 6.45) is 5.72. The number of nitrogens with zero attached hydrogens (tertiary/aromatic N) is 2. The molecule has 0 unspecified atom stereocenters. The Hall–Kier alpha value is -1.73. The number of aryl methyl sites for hydroxylation is 1. The minimum absolute atomic E-state index is 0.0269. The van der Waals surface area contributed by atoms with Gasteiger partial charge in [-0.25, -0.2) is 0 Å². The van der Waals surface area contributed by atoms with Crippen molar-refractivity contribution in [2.75, 3.05) is 18.4 Å². The van der Waals surface area contributed by atoms with Crippen molar-refractivity contribution in [2.45, 2.75) is 39.5 Å². The van der Waals surface area contributed by atoms with E-state index in [1.807, 2.05) is 18.7 Å². The molecule has 0 saturated heterocycles. The zero-order chi connectivity index (χ0) is 17.1. The van der Waals surface area contributed by atoms with E-state index in [2.05, 4.69) is 10.3 Å². The Kier molecular flexibility index (Phi) is 5.30. The third kappa shape index (κ3) is 3.23. The fourth-order valence-corrected chi connectivity index (χ4v) is 4.83. The number of carbonyl (C=O) groups excluding carboxylic acids is 2. The van der Waals surface area contributed by atoms with Crippen molar-refractivity contribution in [3.8, 4) is 0 Å². The Bertz CT molecular complexity index is 733. The van der Waals surface area contributed by atoms with Crippen LogP contribution in [0.1, 0.15) is 57.2 Å². The van der Waals surface area contributed by atoms with Gasteiger partial charge in [-0.3, -0.25) is 14.6 Å². The molecule has 3 rings (SSSR count). The van der Waals surface area contributed by atoms with Gasteiger partial charge in [0.2, 0.25) is 0 Å². The first-order chi connectivity index (χ1) is 11.7. The molecule has 1 N–H and O–H groups in total. The number of carbonyl (C=O) groups is 2. The molecule has 7 heteroatoms. The lowest BCUT2D eigenvalue weighted by Crippen LogP contribution is -2.31. The summed E-state index contributed by atoms with van der Waals surface area (Å²) >= 11 is 2.86. The maximum Gasteiger partial charge on any atom is 0.267 e. The molecule has 0 spiro atoms. The second kappa shape index (κ2) is 7.44. The van der Waals surface area contributed by atoms with Crippen LogP contribution < -0.4 is 5.32 Å².